The van der Waals surface area contributed by atoms with Gasteiger partial charge < -0.3 is 14.6 Å². The van der Waals surface area contributed by atoms with Crippen molar-refractivity contribution >= 4 is 39.9 Å². The Hall–Kier alpha value is -3.98. The van der Waals surface area contributed by atoms with Crippen molar-refractivity contribution in [2.45, 2.75) is 39.7 Å². The van der Waals surface area contributed by atoms with Crippen LogP contribution in [-0.2, 0) is 14.3 Å². The molecule has 1 saturated heterocycles. The Balaban J connectivity index is 1.93. The average Bonchev–Trinajstić information content (AvgIpc) is 3.39. The van der Waals surface area contributed by atoms with E-state index in [4.69, 9.17) is 9.47 Å². The van der Waals surface area contributed by atoms with Gasteiger partial charge in [0.2, 0.25) is 0 Å². The molecule has 1 fully saturated rings. The number of hydrogen-bond acceptors (Lipinski definition) is 8. The summed E-state index contributed by atoms with van der Waals surface area (Å²) in [5.41, 5.74) is 3.18. The van der Waals surface area contributed by atoms with Gasteiger partial charge in [-0.05, 0) is 54.7 Å². The van der Waals surface area contributed by atoms with Gasteiger partial charge in [-0.3, -0.25) is 14.5 Å². The molecule has 37 heavy (non-hydrogen) atoms. The van der Waals surface area contributed by atoms with Crippen molar-refractivity contribution in [3.63, 3.8) is 0 Å². The van der Waals surface area contributed by atoms with E-state index in [0.29, 0.717) is 22.6 Å². The van der Waals surface area contributed by atoms with Gasteiger partial charge >= 0.3 is 11.9 Å². The van der Waals surface area contributed by atoms with Crippen LogP contribution in [0.2, 0.25) is 0 Å². The van der Waals surface area contributed by atoms with E-state index >= 15 is 0 Å². The number of hydrogen-bond donors (Lipinski definition) is 1. The Morgan fingerprint density at radius 2 is 1.76 bits per heavy atom. The van der Waals surface area contributed by atoms with E-state index in [0.717, 1.165) is 22.5 Å². The van der Waals surface area contributed by atoms with Crippen molar-refractivity contribution in [1.82, 2.24) is 4.98 Å². The number of methoxy groups -OCH3 is 2. The second kappa shape index (κ2) is 10.2. The minimum absolute atomic E-state index is 0.0562. The van der Waals surface area contributed by atoms with E-state index in [9.17, 15) is 19.5 Å². The number of aromatic nitrogens is 1. The number of esters is 1. The van der Waals surface area contributed by atoms with Crippen molar-refractivity contribution in [2.24, 2.45) is 0 Å². The molecule has 0 spiro atoms. The highest BCUT2D eigenvalue weighted by molar-refractivity contribution is 7.17. The van der Waals surface area contributed by atoms with Gasteiger partial charge in [0, 0.05) is 5.56 Å². The van der Waals surface area contributed by atoms with Crippen molar-refractivity contribution < 1.29 is 29.0 Å². The zero-order chi connectivity index (χ0) is 27.0. The summed E-state index contributed by atoms with van der Waals surface area (Å²) < 4.78 is 10.1. The van der Waals surface area contributed by atoms with Gasteiger partial charge in [-0.15, -0.1) is 0 Å². The fraction of sp³-hybridized carbons (Fsp3) is 0.286. The molecule has 1 aromatic heterocycles. The minimum atomic E-state index is -0.945. The maximum Gasteiger partial charge on any atom is 0.350 e. The van der Waals surface area contributed by atoms with Crippen LogP contribution >= 0.6 is 11.3 Å². The summed E-state index contributed by atoms with van der Waals surface area (Å²) in [6.07, 6.45) is 0. The van der Waals surface area contributed by atoms with Crippen molar-refractivity contribution in [1.29, 1.82) is 0 Å². The molecule has 0 aliphatic carbocycles. The molecule has 2 heterocycles. The molecule has 1 aliphatic heterocycles. The summed E-state index contributed by atoms with van der Waals surface area (Å²) in [5, 5.41) is 11.5. The topological polar surface area (TPSA) is 106 Å². The van der Waals surface area contributed by atoms with Crippen LogP contribution < -0.4 is 9.64 Å². The molecule has 0 saturated carbocycles. The van der Waals surface area contributed by atoms with Crippen LogP contribution in [0.4, 0.5) is 5.13 Å². The van der Waals surface area contributed by atoms with Crippen LogP contribution in [0.3, 0.4) is 0 Å². The number of amides is 1. The number of carbonyl (C=O) groups is 3. The number of aliphatic hydroxyl groups is 1. The number of ketones is 1. The molecule has 4 rings (SSSR count). The standard InChI is InChI=1S/C28H28N2O6S/c1-14(2)17-7-9-18(10-8-17)22-21(23(31)19-11-12-20(35-5)15(3)13-19)24(32)26(33)30(22)28-29-16(4)25(37-28)27(34)36-6/h7-14,22,31H,1-6H3/t22-/m0/s1. The van der Waals surface area contributed by atoms with Crippen LogP contribution in [0.15, 0.2) is 48.0 Å². The highest BCUT2D eigenvalue weighted by Gasteiger charge is 2.48. The first-order valence-electron chi connectivity index (χ1n) is 11.7. The van der Waals surface area contributed by atoms with Gasteiger partial charge in [-0.2, -0.15) is 0 Å². The molecule has 192 valence electrons. The predicted molar refractivity (Wildman–Crippen MR) is 141 cm³/mol. The lowest BCUT2D eigenvalue weighted by atomic mass is 9.93. The number of rotatable bonds is 6. The number of Topliss-reactive ketones (excluding diaryl/α,β-unsaturated/α-hetero) is 1. The van der Waals surface area contributed by atoms with Gasteiger partial charge in [-0.25, -0.2) is 9.78 Å². The Morgan fingerprint density at radius 3 is 2.32 bits per heavy atom. The second-order valence-electron chi connectivity index (χ2n) is 9.08. The lowest BCUT2D eigenvalue weighted by Crippen LogP contribution is -2.29. The number of benzene rings is 2. The lowest BCUT2D eigenvalue weighted by Gasteiger charge is -2.23. The first-order chi connectivity index (χ1) is 17.6. The van der Waals surface area contributed by atoms with Crippen molar-refractivity contribution in [3.05, 3.63) is 80.9 Å². The van der Waals surface area contributed by atoms with Crippen LogP contribution in [0.1, 0.15) is 63.4 Å². The van der Waals surface area contributed by atoms with Crippen LogP contribution in [0.25, 0.3) is 5.76 Å². The molecule has 3 aromatic rings. The summed E-state index contributed by atoms with van der Waals surface area (Å²) in [5.74, 6) is -1.64. The normalized spacial score (nSPS) is 16.9. The summed E-state index contributed by atoms with van der Waals surface area (Å²) in [7, 11) is 2.81. The Labute approximate surface area is 219 Å². The summed E-state index contributed by atoms with van der Waals surface area (Å²) >= 11 is 0.965. The molecule has 0 radical (unpaired) electrons. The fourth-order valence-electron chi connectivity index (χ4n) is 4.36. The molecule has 9 heteroatoms. The maximum absolute atomic E-state index is 13.4. The smallest absolute Gasteiger partial charge is 0.350 e. The van der Waals surface area contributed by atoms with Gasteiger partial charge in [0.25, 0.3) is 5.78 Å². The first-order valence-corrected chi connectivity index (χ1v) is 12.5. The van der Waals surface area contributed by atoms with E-state index < -0.39 is 23.7 Å². The number of aryl methyl sites for hydroxylation is 2. The monoisotopic (exact) mass is 520 g/mol. The zero-order valence-electron chi connectivity index (χ0n) is 21.5. The molecule has 1 N–H and O–H groups in total. The molecule has 0 bridgehead atoms. The molecule has 1 atom stereocenters. The molecule has 8 nitrogen and oxygen atoms in total. The highest BCUT2D eigenvalue weighted by Crippen LogP contribution is 2.44. The maximum atomic E-state index is 13.4. The fourth-order valence-corrected chi connectivity index (χ4v) is 5.37. The zero-order valence-corrected chi connectivity index (χ0v) is 22.3. The van der Waals surface area contributed by atoms with E-state index in [1.165, 1.54) is 12.0 Å². The number of nitrogens with zero attached hydrogens (tertiary/aromatic N) is 2. The largest absolute Gasteiger partial charge is 0.507 e. The highest BCUT2D eigenvalue weighted by atomic mass is 32.1. The molecule has 1 aliphatic rings. The summed E-state index contributed by atoms with van der Waals surface area (Å²) in [6.45, 7) is 7.60. The lowest BCUT2D eigenvalue weighted by molar-refractivity contribution is -0.132. The van der Waals surface area contributed by atoms with Crippen molar-refractivity contribution in [2.75, 3.05) is 19.1 Å². The van der Waals surface area contributed by atoms with E-state index in [-0.39, 0.29) is 27.3 Å². The number of ether oxygens (including phenoxy) is 2. The van der Waals surface area contributed by atoms with Gasteiger partial charge in [0.15, 0.2) is 5.13 Å². The number of aliphatic hydroxyl groups excluding tert-OH is 1. The third kappa shape index (κ3) is 4.62. The number of anilines is 1. The molecular formula is C28H28N2O6S. The van der Waals surface area contributed by atoms with Gasteiger partial charge in [0.1, 0.15) is 16.4 Å². The third-order valence-electron chi connectivity index (χ3n) is 6.39. The van der Waals surface area contributed by atoms with Crippen molar-refractivity contribution in [3.8, 4) is 5.75 Å². The van der Waals surface area contributed by atoms with Crippen LogP contribution in [-0.4, -0.2) is 42.0 Å². The minimum Gasteiger partial charge on any atom is -0.507 e. The quantitative estimate of drug-likeness (QED) is 0.203. The van der Waals surface area contributed by atoms with Crippen LogP contribution in [0.5, 0.6) is 5.75 Å². The Kier molecular flexibility index (Phi) is 7.18. The number of carbonyl (C=O) groups excluding carboxylic acids is 3. The predicted octanol–water partition coefficient (Wildman–Crippen LogP) is 5.30. The molecule has 0 unspecified atom stereocenters. The number of thiazole rings is 1. The van der Waals surface area contributed by atoms with E-state index in [1.54, 1.807) is 32.2 Å². The average molecular weight is 521 g/mol. The van der Waals surface area contributed by atoms with Gasteiger partial charge in [-0.1, -0.05) is 49.4 Å². The molecule has 1 amide bonds. The van der Waals surface area contributed by atoms with Gasteiger partial charge in [0.05, 0.1) is 31.5 Å². The van der Waals surface area contributed by atoms with E-state index in [1.807, 2.05) is 31.2 Å². The summed E-state index contributed by atoms with van der Waals surface area (Å²) in [6, 6.07) is 11.6. The Bertz CT molecular complexity index is 1420. The van der Waals surface area contributed by atoms with Crippen LogP contribution in [0, 0.1) is 13.8 Å². The van der Waals surface area contributed by atoms with E-state index in [2.05, 4.69) is 18.8 Å². The molecular weight excluding hydrogens is 492 g/mol. The first kappa shape index (κ1) is 26.1. The summed E-state index contributed by atoms with van der Waals surface area (Å²) in [4.78, 5) is 44.9. The SMILES string of the molecule is COC(=O)c1sc(N2C(=O)C(=O)C(=C(O)c3ccc(OC)c(C)c3)[C@@H]2c2ccc(C(C)C)cc2)nc1C. The molecule has 2 aromatic carbocycles. The third-order valence-corrected chi connectivity index (χ3v) is 7.53. The Morgan fingerprint density at radius 1 is 1.08 bits per heavy atom. The second-order valence-corrected chi connectivity index (χ2v) is 10.1.